The molecular formula is C28H27ClN2O5. The van der Waals surface area contributed by atoms with Gasteiger partial charge in [-0.25, -0.2) is 0 Å². The molecule has 1 spiro atoms. The van der Waals surface area contributed by atoms with E-state index in [2.05, 4.69) is 4.90 Å². The van der Waals surface area contributed by atoms with Crippen molar-refractivity contribution in [2.75, 3.05) is 13.1 Å². The first-order valence-electron chi connectivity index (χ1n) is 13.0. The van der Waals surface area contributed by atoms with E-state index in [1.807, 2.05) is 6.07 Å². The molecule has 186 valence electrons. The van der Waals surface area contributed by atoms with Crippen LogP contribution in [0.15, 0.2) is 30.3 Å². The van der Waals surface area contributed by atoms with Crippen molar-refractivity contribution in [2.24, 2.45) is 5.92 Å². The van der Waals surface area contributed by atoms with Crippen molar-refractivity contribution in [3.63, 3.8) is 0 Å². The number of hydrogen-bond acceptors (Lipinski definition) is 6. The third-order valence-corrected chi connectivity index (χ3v) is 10.2. The number of likely N-dealkylation sites (tertiary alicyclic amines) is 1. The van der Waals surface area contributed by atoms with Gasteiger partial charge in [0, 0.05) is 23.2 Å². The Labute approximate surface area is 213 Å². The molecule has 3 aliphatic heterocycles. The summed E-state index contributed by atoms with van der Waals surface area (Å²) in [5, 5.41) is 23.8. The second kappa shape index (κ2) is 6.82. The van der Waals surface area contributed by atoms with Crippen LogP contribution in [0, 0.1) is 5.92 Å². The van der Waals surface area contributed by atoms with Gasteiger partial charge in [0.15, 0.2) is 11.5 Å². The highest BCUT2D eigenvalue weighted by molar-refractivity contribution is 6.32. The van der Waals surface area contributed by atoms with Gasteiger partial charge in [-0.05, 0) is 80.8 Å². The maximum absolute atomic E-state index is 13.6. The molecule has 3 heterocycles. The molecule has 6 aliphatic rings. The van der Waals surface area contributed by atoms with Crippen molar-refractivity contribution < 1.29 is 24.5 Å². The van der Waals surface area contributed by atoms with Crippen molar-refractivity contribution in [1.29, 1.82) is 0 Å². The van der Waals surface area contributed by atoms with Gasteiger partial charge in [0.25, 0.3) is 11.8 Å². The number of imide groups is 1. The molecule has 2 N–H and O–H groups in total. The van der Waals surface area contributed by atoms with Crippen LogP contribution < -0.4 is 4.74 Å². The molecule has 8 heteroatoms. The summed E-state index contributed by atoms with van der Waals surface area (Å²) in [6.07, 6.45) is 4.15. The number of fused-ring (bicyclic) bond motifs is 1. The van der Waals surface area contributed by atoms with Gasteiger partial charge >= 0.3 is 0 Å². The molecule has 3 aliphatic carbocycles. The summed E-state index contributed by atoms with van der Waals surface area (Å²) in [7, 11) is 0. The maximum Gasteiger partial charge on any atom is 0.261 e. The van der Waals surface area contributed by atoms with Gasteiger partial charge < -0.3 is 14.9 Å². The SMILES string of the molecule is O=C1c2ccc(Cl)cc2C(=O)N1[C@@H]1CC[C@@]2(O)[C@@H]3Cc4ccc(O)c5c4[C@@]2(CCN3CC2CC2)[C@H]1O5. The van der Waals surface area contributed by atoms with Gasteiger partial charge in [0.1, 0.15) is 6.10 Å². The molecule has 0 radical (unpaired) electrons. The lowest BCUT2D eigenvalue weighted by molar-refractivity contribution is -0.196. The molecule has 36 heavy (non-hydrogen) atoms. The number of ether oxygens (including phenoxy) is 1. The van der Waals surface area contributed by atoms with E-state index in [1.165, 1.54) is 17.7 Å². The summed E-state index contributed by atoms with van der Waals surface area (Å²) in [5.41, 5.74) is 0.801. The summed E-state index contributed by atoms with van der Waals surface area (Å²) in [5.74, 6) is 0.452. The van der Waals surface area contributed by atoms with Crippen LogP contribution in [0.1, 0.15) is 63.9 Å². The fraction of sp³-hybridized carbons (Fsp3) is 0.500. The monoisotopic (exact) mass is 506 g/mol. The van der Waals surface area contributed by atoms with Crippen LogP contribution in [0.4, 0.5) is 0 Å². The van der Waals surface area contributed by atoms with E-state index >= 15 is 0 Å². The Kier molecular flexibility index (Phi) is 4.07. The Morgan fingerprint density at radius 2 is 1.86 bits per heavy atom. The minimum absolute atomic E-state index is 0.0478. The quantitative estimate of drug-likeness (QED) is 0.621. The lowest BCUT2D eigenvalue weighted by Crippen LogP contribution is -2.78. The number of carbonyl (C=O) groups is 2. The van der Waals surface area contributed by atoms with Gasteiger partial charge in [0.05, 0.1) is 28.2 Å². The largest absolute Gasteiger partial charge is 0.504 e. The Morgan fingerprint density at radius 3 is 2.67 bits per heavy atom. The Bertz CT molecular complexity index is 1370. The fourth-order valence-electron chi connectivity index (χ4n) is 8.25. The lowest BCUT2D eigenvalue weighted by Gasteiger charge is -2.64. The first-order chi connectivity index (χ1) is 17.3. The van der Waals surface area contributed by atoms with E-state index in [0.29, 0.717) is 53.5 Å². The van der Waals surface area contributed by atoms with Crippen LogP contribution in [0.5, 0.6) is 11.5 Å². The number of aromatic hydroxyl groups is 1. The van der Waals surface area contributed by atoms with E-state index in [4.69, 9.17) is 16.3 Å². The van der Waals surface area contributed by atoms with Gasteiger partial charge in [-0.3, -0.25) is 19.4 Å². The number of benzene rings is 2. The Hall–Kier alpha value is -2.61. The number of carbonyl (C=O) groups excluding carboxylic acids is 2. The molecule has 1 saturated heterocycles. The predicted molar refractivity (Wildman–Crippen MR) is 131 cm³/mol. The van der Waals surface area contributed by atoms with Crippen LogP contribution in [0.3, 0.4) is 0 Å². The van der Waals surface area contributed by atoms with Crippen molar-refractivity contribution in [1.82, 2.24) is 9.80 Å². The van der Waals surface area contributed by atoms with Crippen LogP contribution in [0.2, 0.25) is 5.02 Å². The molecular weight excluding hydrogens is 480 g/mol. The van der Waals surface area contributed by atoms with Crippen molar-refractivity contribution in [3.8, 4) is 11.5 Å². The third-order valence-electron chi connectivity index (χ3n) is 9.94. The molecule has 8 rings (SSSR count). The average Bonchev–Trinajstić information content (AvgIpc) is 3.55. The molecule has 2 saturated carbocycles. The van der Waals surface area contributed by atoms with Crippen molar-refractivity contribution in [3.05, 3.63) is 57.6 Å². The van der Waals surface area contributed by atoms with Gasteiger partial charge in [-0.1, -0.05) is 17.7 Å². The van der Waals surface area contributed by atoms with E-state index in [1.54, 1.807) is 24.3 Å². The second-order valence-corrected chi connectivity index (χ2v) is 12.0. The number of amides is 2. The Morgan fingerprint density at radius 1 is 1.06 bits per heavy atom. The molecule has 3 fully saturated rings. The molecule has 0 unspecified atom stereocenters. The van der Waals surface area contributed by atoms with Crippen LogP contribution in [-0.4, -0.2) is 68.7 Å². The molecule has 2 amide bonds. The number of nitrogens with zero attached hydrogens (tertiary/aromatic N) is 2. The highest BCUT2D eigenvalue weighted by Crippen LogP contribution is 2.66. The molecule has 2 bridgehead atoms. The van der Waals surface area contributed by atoms with E-state index in [-0.39, 0.29) is 23.6 Å². The number of phenolic OH excluding ortho intramolecular Hbond substituents is 1. The first kappa shape index (κ1) is 21.5. The minimum Gasteiger partial charge on any atom is -0.504 e. The number of rotatable bonds is 3. The smallest absolute Gasteiger partial charge is 0.261 e. The fourth-order valence-corrected chi connectivity index (χ4v) is 8.42. The Balaban J connectivity index is 1.27. The summed E-state index contributed by atoms with van der Waals surface area (Å²) >= 11 is 6.15. The highest BCUT2D eigenvalue weighted by Gasteiger charge is 2.74. The number of aliphatic hydroxyl groups is 1. The van der Waals surface area contributed by atoms with Gasteiger partial charge in [0.2, 0.25) is 0 Å². The summed E-state index contributed by atoms with van der Waals surface area (Å²) in [6.45, 7) is 1.82. The summed E-state index contributed by atoms with van der Waals surface area (Å²) < 4.78 is 6.55. The second-order valence-electron chi connectivity index (χ2n) is 11.6. The third kappa shape index (κ3) is 2.42. The van der Waals surface area contributed by atoms with E-state index < -0.39 is 23.2 Å². The summed E-state index contributed by atoms with van der Waals surface area (Å²) in [6, 6.07) is 7.81. The van der Waals surface area contributed by atoms with Crippen LogP contribution in [-0.2, 0) is 11.8 Å². The van der Waals surface area contributed by atoms with Gasteiger partial charge in [-0.2, -0.15) is 0 Å². The zero-order valence-electron chi connectivity index (χ0n) is 19.7. The topological polar surface area (TPSA) is 90.3 Å². The number of piperidine rings is 1. The van der Waals surface area contributed by atoms with Crippen LogP contribution >= 0.6 is 11.6 Å². The normalized spacial score (nSPS) is 36.1. The van der Waals surface area contributed by atoms with Gasteiger partial charge in [-0.15, -0.1) is 0 Å². The van der Waals surface area contributed by atoms with E-state index in [9.17, 15) is 19.8 Å². The lowest BCUT2D eigenvalue weighted by atomic mass is 9.48. The zero-order chi connectivity index (χ0) is 24.6. The molecule has 2 aromatic carbocycles. The van der Waals surface area contributed by atoms with E-state index in [0.717, 1.165) is 24.2 Å². The predicted octanol–water partition coefficient (Wildman–Crippen LogP) is 3.27. The van der Waals surface area contributed by atoms with Crippen molar-refractivity contribution >= 4 is 23.4 Å². The maximum atomic E-state index is 13.6. The number of halogens is 1. The zero-order valence-corrected chi connectivity index (χ0v) is 20.5. The number of phenols is 1. The first-order valence-corrected chi connectivity index (χ1v) is 13.4. The standard InChI is InChI=1S/C28H27ClN2O5/c29-16-4-5-17-18(12-16)26(34)31(25(17)33)19-7-8-28(35)21-11-15-3-6-20(32)23-22(15)27(28,24(19)36-23)9-10-30(21)13-14-1-2-14/h3-6,12,14,19,21,24,32,35H,1-2,7-11,13H2/t19-,21+,24+,27+,28-/m1/s1. The number of hydrogen-bond donors (Lipinski definition) is 2. The molecule has 5 atom stereocenters. The minimum atomic E-state index is -1.06. The van der Waals surface area contributed by atoms with Crippen molar-refractivity contribution in [2.45, 2.75) is 67.7 Å². The average molecular weight is 507 g/mol. The summed E-state index contributed by atoms with van der Waals surface area (Å²) in [4.78, 5) is 30.9. The van der Waals surface area contributed by atoms with Crippen LogP contribution in [0.25, 0.3) is 0 Å². The molecule has 7 nitrogen and oxygen atoms in total. The highest BCUT2D eigenvalue weighted by atomic mass is 35.5. The molecule has 2 aromatic rings. The molecule has 0 aromatic heterocycles.